The minimum absolute atomic E-state index is 0.676. The van der Waals surface area contributed by atoms with Gasteiger partial charge in [0, 0.05) is 12.6 Å². The zero-order valence-electron chi connectivity index (χ0n) is 11.3. The predicted octanol–water partition coefficient (Wildman–Crippen LogP) is 3.22. The summed E-state index contributed by atoms with van der Waals surface area (Å²) in [6.45, 7) is 9.87. The van der Waals surface area contributed by atoms with Crippen LogP contribution in [0.2, 0.25) is 0 Å². The predicted molar refractivity (Wildman–Crippen MR) is 69.7 cm³/mol. The van der Waals surface area contributed by atoms with Gasteiger partial charge in [0.15, 0.2) is 0 Å². The first-order chi connectivity index (χ1) is 7.81. The van der Waals surface area contributed by atoms with Gasteiger partial charge in [-0.15, -0.1) is 0 Å². The van der Waals surface area contributed by atoms with E-state index < -0.39 is 0 Å². The van der Waals surface area contributed by atoms with Crippen molar-refractivity contribution in [3.05, 3.63) is 0 Å². The van der Waals surface area contributed by atoms with Gasteiger partial charge in [0.05, 0.1) is 6.61 Å². The van der Waals surface area contributed by atoms with E-state index in [2.05, 4.69) is 26.1 Å². The molecule has 1 N–H and O–H groups in total. The van der Waals surface area contributed by atoms with E-state index in [9.17, 15) is 0 Å². The summed E-state index contributed by atoms with van der Waals surface area (Å²) >= 11 is 0. The van der Waals surface area contributed by atoms with Gasteiger partial charge in [-0.1, -0.05) is 33.6 Å². The monoisotopic (exact) mass is 227 g/mol. The summed E-state index contributed by atoms with van der Waals surface area (Å²) in [5.41, 5.74) is 0. The molecule has 2 heteroatoms. The van der Waals surface area contributed by atoms with E-state index in [4.69, 9.17) is 4.74 Å². The topological polar surface area (TPSA) is 21.3 Å². The lowest BCUT2D eigenvalue weighted by Gasteiger charge is -2.33. The van der Waals surface area contributed by atoms with Crippen molar-refractivity contribution < 1.29 is 4.74 Å². The van der Waals surface area contributed by atoms with Crippen LogP contribution in [0.1, 0.15) is 52.9 Å². The van der Waals surface area contributed by atoms with Crippen molar-refractivity contribution in [3.63, 3.8) is 0 Å². The molecule has 16 heavy (non-hydrogen) atoms. The first kappa shape index (κ1) is 14.0. The van der Waals surface area contributed by atoms with Crippen molar-refractivity contribution in [1.29, 1.82) is 0 Å². The molecule has 2 unspecified atom stereocenters. The second-order valence-corrected chi connectivity index (χ2v) is 5.06. The van der Waals surface area contributed by atoms with E-state index in [1.54, 1.807) is 0 Å². The Morgan fingerprint density at radius 2 is 2.00 bits per heavy atom. The fourth-order valence-electron chi connectivity index (χ4n) is 2.77. The third-order valence-electron chi connectivity index (χ3n) is 3.97. The summed E-state index contributed by atoms with van der Waals surface area (Å²) in [5, 5.41) is 3.67. The summed E-state index contributed by atoms with van der Waals surface area (Å²) < 4.78 is 5.62. The zero-order chi connectivity index (χ0) is 11.8. The molecule has 2 nitrogen and oxygen atoms in total. The Balaban J connectivity index is 2.44. The molecule has 1 heterocycles. The fourth-order valence-corrected chi connectivity index (χ4v) is 2.77. The van der Waals surface area contributed by atoms with E-state index in [0.717, 1.165) is 31.6 Å². The van der Waals surface area contributed by atoms with Crippen LogP contribution in [0.15, 0.2) is 0 Å². The molecule has 0 amide bonds. The lowest BCUT2D eigenvalue weighted by atomic mass is 9.85. The highest BCUT2D eigenvalue weighted by Crippen LogP contribution is 2.24. The van der Waals surface area contributed by atoms with Gasteiger partial charge >= 0.3 is 0 Å². The van der Waals surface area contributed by atoms with Crippen molar-refractivity contribution in [1.82, 2.24) is 5.32 Å². The Labute approximate surface area is 101 Å². The van der Waals surface area contributed by atoms with Gasteiger partial charge in [0.25, 0.3) is 0 Å². The van der Waals surface area contributed by atoms with Crippen LogP contribution in [0, 0.1) is 11.8 Å². The minimum Gasteiger partial charge on any atom is -0.381 e. The number of nitrogens with one attached hydrogen (secondary N) is 1. The molecule has 1 saturated heterocycles. The van der Waals surface area contributed by atoms with Crippen LogP contribution in [0.5, 0.6) is 0 Å². The molecule has 0 aliphatic carbocycles. The molecule has 0 saturated carbocycles. The number of rotatable bonds is 7. The van der Waals surface area contributed by atoms with Crippen LogP contribution in [0.3, 0.4) is 0 Å². The molecule has 0 bridgehead atoms. The first-order valence-electron chi connectivity index (χ1n) is 7.12. The maximum absolute atomic E-state index is 5.62. The lowest BCUT2D eigenvalue weighted by Crippen LogP contribution is -2.41. The summed E-state index contributed by atoms with van der Waals surface area (Å²) in [5.74, 6) is 1.63. The Kier molecular flexibility index (Phi) is 7.06. The molecular formula is C14H29NO. The highest BCUT2D eigenvalue weighted by Gasteiger charge is 2.25. The molecule has 0 radical (unpaired) electrons. The molecule has 96 valence electrons. The normalized spacial score (nSPS) is 23.6. The Bertz CT molecular complexity index is 162. The SMILES string of the molecule is CCNC(CC(CC)CC)C1CCCOC1. The molecule has 0 spiro atoms. The maximum Gasteiger partial charge on any atom is 0.0509 e. The average molecular weight is 227 g/mol. The maximum atomic E-state index is 5.62. The second-order valence-electron chi connectivity index (χ2n) is 5.06. The van der Waals surface area contributed by atoms with Crippen LogP contribution in [-0.2, 0) is 4.74 Å². The van der Waals surface area contributed by atoms with Crippen LogP contribution in [-0.4, -0.2) is 25.8 Å². The Morgan fingerprint density at radius 1 is 1.25 bits per heavy atom. The largest absolute Gasteiger partial charge is 0.381 e. The van der Waals surface area contributed by atoms with Crippen LogP contribution in [0.4, 0.5) is 0 Å². The van der Waals surface area contributed by atoms with Crippen LogP contribution in [0.25, 0.3) is 0 Å². The van der Waals surface area contributed by atoms with Gasteiger partial charge in [-0.3, -0.25) is 0 Å². The van der Waals surface area contributed by atoms with E-state index in [0.29, 0.717) is 6.04 Å². The molecule has 1 rings (SSSR count). The summed E-state index contributed by atoms with van der Waals surface area (Å²) in [6, 6.07) is 0.676. The Morgan fingerprint density at radius 3 is 2.50 bits per heavy atom. The molecule has 1 aliphatic rings. The number of ether oxygens (including phenoxy) is 1. The smallest absolute Gasteiger partial charge is 0.0509 e. The molecule has 0 aromatic heterocycles. The molecule has 2 atom stereocenters. The quantitative estimate of drug-likeness (QED) is 0.721. The van der Waals surface area contributed by atoms with Gasteiger partial charge in [-0.25, -0.2) is 0 Å². The van der Waals surface area contributed by atoms with Gasteiger partial charge in [-0.2, -0.15) is 0 Å². The third kappa shape index (κ3) is 4.42. The molecule has 0 aromatic carbocycles. The highest BCUT2D eigenvalue weighted by atomic mass is 16.5. The van der Waals surface area contributed by atoms with E-state index >= 15 is 0 Å². The summed E-state index contributed by atoms with van der Waals surface area (Å²) in [7, 11) is 0. The second kappa shape index (κ2) is 8.08. The van der Waals surface area contributed by atoms with Gasteiger partial charge in [0.2, 0.25) is 0 Å². The standard InChI is InChI=1S/C14H29NO/c1-4-12(5-2)10-14(15-6-3)13-8-7-9-16-11-13/h12-15H,4-11H2,1-3H3. The molecule has 0 aromatic rings. The Hall–Kier alpha value is -0.0800. The van der Waals surface area contributed by atoms with E-state index in [-0.39, 0.29) is 0 Å². The average Bonchev–Trinajstić information content (AvgIpc) is 2.35. The molecular weight excluding hydrogens is 198 g/mol. The van der Waals surface area contributed by atoms with Crippen molar-refractivity contribution in [2.24, 2.45) is 11.8 Å². The fraction of sp³-hybridized carbons (Fsp3) is 1.00. The first-order valence-corrected chi connectivity index (χ1v) is 7.12. The summed E-state index contributed by atoms with van der Waals surface area (Å²) in [6.07, 6.45) is 6.54. The van der Waals surface area contributed by atoms with Crippen LogP contribution < -0.4 is 5.32 Å². The number of hydrogen-bond donors (Lipinski definition) is 1. The third-order valence-corrected chi connectivity index (χ3v) is 3.97. The molecule has 1 fully saturated rings. The van der Waals surface area contributed by atoms with Gasteiger partial charge in [0.1, 0.15) is 0 Å². The minimum atomic E-state index is 0.676. The molecule has 1 aliphatic heterocycles. The van der Waals surface area contributed by atoms with Crippen molar-refractivity contribution in [3.8, 4) is 0 Å². The lowest BCUT2D eigenvalue weighted by molar-refractivity contribution is 0.0352. The number of hydrogen-bond acceptors (Lipinski definition) is 2. The van der Waals surface area contributed by atoms with Crippen molar-refractivity contribution >= 4 is 0 Å². The van der Waals surface area contributed by atoms with Gasteiger partial charge in [-0.05, 0) is 37.6 Å². The zero-order valence-corrected chi connectivity index (χ0v) is 11.3. The summed E-state index contributed by atoms with van der Waals surface area (Å²) in [4.78, 5) is 0. The van der Waals surface area contributed by atoms with Gasteiger partial charge < -0.3 is 10.1 Å². The van der Waals surface area contributed by atoms with Crippen LogP contribution >= 0.6 is 0 Å². The van der Waals surface area contributed by atoms with E-state index in [1.165, 1.54) is 32.1 Å². The van der Waals surface area contributed by atoms with Crippen molar-refractivity contribution in [2.75, 3.05) is 19.8 Å². The highest BCUT2D eigenvalue weighted by molar-refractivity contribution is 4.80. The van der Waals surface area contributed by atoms with E-state index in [1.807, 2.05) is 0 Å². The van der Waals surface area contributed by atoms with Crippen molar-refractivity contribution in [2.45, 2.75) is 58.9 Å².